The monoisotopic (exact) mass is 656 g/mol. The van der Waals surface area contributed by atoms with Crippen LogP contribution >= 0.6 is 19.2 Å². The van der Waals surface area contributed by atoms with Crippen LogP contribution in [0.2, 0.25) is 5.02 Å². The average molecular weight is 657 g/mol. The van der Waals surface area contributed by atoms with Crippen LogP contribution < -0.4 is 11.1 Å². The smallest absolute Gasteiger partial charge is 0.356 e. The van der Waals surface area contributed by atoms with Crippen molar-refractivity contribution in [1.29, 1.82) is 0 Å². The molecule has 1 fully saturated rings. The largest absolute Gasteiger partial charge is 0.382 e. The van der Waals surface area contributed by atoms with E-state index in [1.807, 2.05) is 23.6 Å². The zero-order valence-corrected chi connectivity index (χ0v) is 27.6. The first-order valence-electron chi connectivity index (χ1n) is 15.8. The third-order valence-corrected chi connectivity index (χ3v) is 10.4. The standard InChI is InChI=1S/C31H42ClN8O4P/c1-21(37-28-24-7-3-4-8-26(24)38-27-16-23(32)9-10-25(27)28)6-5-11-39-12-14-43-45(41,44-15-13-39)20-42-22(2)17-40-19-36-29-30(33)34-18-35-31(29)40/h9-10,16,18-19,21-22H,3-8,11-15,17,20H2,1-2H3,(H,37,38)(H2,33,34,35)/t21?,22-/m1/s1. The average Bonchev–Trinajstić information content (AvgIpc) is 3.42. The summed E-state index contributed by atoms with van der Waals surface area (Å²) in [6.45, 7) is 7.53. The van der Waals surface area contributed by atoms with Gasteiger partial charge >= 0.3 is 7.60 Å². The van der Waals surface area contributed by atoms with E-state index >= 15 is 0 Å². The Hall–Kier alpha value is -2.86. The maximum Gasteiger partial charge on any atom is 0.356 e. The van der Waals surface area contributed by atoms with Crippen LogP contribution in [0.3, 0.4) is 0 Å². The molecule has 0 radical (unpaired) electrons. The summed E-state index contributed by atoms with van der Waals surface area (Å²) in [5.74, 6) is 0.330. The Bertz CT molecular complexity index is 1670. The Morgan fingerprint density at radius 2 is 1.93 bits per heavy atom. The van der Waals surface area contributed by atoms with Crippen molar-refractivity contribution in [3.8, 4) is 0 Å². The maximum absolute atomic E-state index is 13.3. The van der Waals surface area contributed by atoms with Gasteiger partial charge in [0.15, 0.2) is 11.5 Å². The van der Waals surface area contributed by atoms with Gasteiger partial charge in [-0.1, -0.05) is 11.6 Å². The molecule has 1 saturated heterocycles. The molecule has 4 heterocycles. The van der Waals surface area contributed by atoms with E-state index in [4.69, 9.17) is 36.1 Å². The van der Waals surface area contributed by atoms with Crippen molar-refractivity contribution in [2.75, 3.05) is 50.2 Å². The lowest BCUT2D eigenvalue weighted by Gasteiger charge is -2.29. The van der Waals surface area contributed by atoms with E-state index in [2.05, 4.69) is 38.2 Å². The summed E-state index contributed by atoms with van der Waals surface area (Å²) in [5.41, 5.74) is 11.8. The second-order valence-corrected chi connectivity index (χ2v) is 14.5. The SMILES string of the molecule is CC(CCCN1CCOP(=O)(CO[C@H](C)Cn2cnc3c(N)ncnc32)OCC1)Nc1c2c(nc3cc(Cl)ccc13)CCCC2. The number of nitrogens with two attached hydrogens (primary N) is 1. The number of benzene rings is 1. The van der Waals surface area contributed by atoms with E-state index in [1.54, 1.807) is 6.33 Å². The highest BCUT2D eigenvalue weighted by Crippen LogP contribution is 2.48. The summed E-state index contributed by atoms with van der Waals surface area (Å²) >= 11 is 6.30. The van der Waals surface area contributed by atoms with Crippen molar-refractivity contribution in [2.24, 2.45) is 0 Å². The fraction of sp³-hybridized carbons (Fsp3) is 0.548. The molecule has 0 spiro atoms. The van der Waals surface area contributed by atoms with Crippen molar-refractivity contribution >= 4 is 52.8 Å². The van der Waals surface area contributed by atoms with Crippen LogP contribution in [0.4, 0.5) is 11.5 Å². The molecule has 242 valence electrons. The lowest BCUT2D eigenvalue weighted by atomic mass is 9.92. The normalized spacial score (nSPS) is 18.7. The number of anilines is 2. The highest BCUT2D eigenvalue weighted by molar-refractivity contribution is 7.53. The highest BCUT2D eigenvalue weighted by Gasteiger charge is 2.29. The van der Waals surface area contributed by atoms with E-state index < -0.39 is 7.60 Å². The minimum Gasteiger partial charge on any atom is -0.382 e. The van der Waals surface area contributed by atoms with Gasteiger partial charge in [0.05, 0.1) is 37.7 Å². The number of aryl methyl sites for hydroxylation is 1. The molecule has 3 aromatic heterocycles. The van der Waals surface area contributed by atoms with E-state index in [-0.39, 0.29) is 12.5 Å². The fourth-order valence-corrected chi connectivity index (χ4v) is 7.70. The molecule has 14 heteroatoms. The van der Waals surface area contributed by atoms with Crippen LogP contribution in [0.25, 0.3) is 22.1 Å². The van der Waals surface area contributed by atoms with Gasteiger partial charge < -0.3 is 29.4 Å². The summed E-state index contributed by atoms with van der Waals surface area (Å²) in [5, 5.41) is 5.69. The molecular weight excluding hydrogens is 615 g/mol. The van der Waals surface area contributed by atoms with E-state index in [0.717, 1.165) is 43.1 Å². The van der Waals surface area contributed by atoms with Crippen LogP contribution in [0.15, 0.2) is 30.9 Å². The molecule has 6 rings (SSSR count). The number of halogens is 1. The molecular formula is C31H42ClN8O4P. The highest BCUT2D eigenvalue weighted by atomic mass is 35.5. The third-order valence-electron chi connectivity index (χ3n) is 8.52. The number of ether oxygens (including phenoxy) is 1. The number of nitrogens with one attached hydrogen (secondary N) is 1. The Labute approximate surface area is 268 Å². The number of hydrogen-bond donors (Lipinski definition) is 2. The van der Waals surface area contributed by atoms with Crippen molar-refractivity contribution in [1.82, 2.24) is 29.4 Å². The Balaban J connectivity index is 0.953. The predicted molar refractivity (Wildman–Crippen MR) is 177 cm³/mol. The molecule has 2 aliphatic rings. The number of fused-ring (bicyclic) bond motifs is 3. The molecule has 2 atom stereocenters. The molecule has 45 heavy (non-hydrogen) atoms. The molecule has 1 aliphatic carbocycles. The second kappa shape index (κ2) is 14.3. The number of nitrogens with zero attached hydrogens (tertiary/aromatic N) is 6. The van der Waals surface area contributed by atoms with Crippen LogP contribution in [0.1, 0.15) is 50.8 Å². The van der Waals surface area contributed by atoms with Crippen LogP contribution in [0.5, 0.6) is 0 Å². The first-order chi connectivity index (χ1) is 21.8. The molecule has 1 aliphatic heterocycles. The Kier molecular flexibility index (Phi) is 10.2. The van der Waals surface area contributed by atoms with E-state index in [1.165, 1.54) is 36.1 Å². The fourth-order valence-electron chi connectivity index (χ4n) is 6.15. The molecule has 0 saturated carbocycles. The van der Waals surface area contributed by atoms with Crippen LogP contribution in [-0.2, 0) is 37.7 Å². The van der Waals surface area contributed by atoms with Crippen LogP contribution in [0, 0.1) is 0 Å². The maximum atomic E-state index is 13.3. The quantitative estimate of drug-likeness (QED) is 0.193. The van der Waals surface area contributed by atoms with Crippen molar-refractivity contribution in [3.63, 3.8) is 0 Å². The first-order valence-corrected chi connectivity index (χ1v) is 17.9. The summed E-state index contributed by atoms with van der Waals surface area (Å²) in [6, 6.07) is 6.30. The lowest BCUT2D eigenvalue weighted by Crippen LogP contribution is -2.34. The molecule has 1 aromatic carbocycles. The number of aromatic nitrogens is 5. The van der Waals surface area contributed by atoms with Gasteiger partial charge in [-0.25, -0.2) is 15.0 Å². The minimum atomic E-state index is -3.37. The number of nitrogen functional groups attached to an aromatic ring is 1. The molecule has 12 nitrogen and oxygen atoms in total. The topological polar surface area (TPSA) is 143 Å². The molecule has 0 amide bonds. The van der Waals surface area contributed by atoms with Crippen molar-refractivity contribution in [3.05, 3.63) is 47.1 Å². The second-order valence-electron chi connectivity index (χ2n) is 12.0. The summed E-state index contributed by atoms with van der Waals surface area (Å²) in [7, 11) is -3.37. The van der Waals surface area contributed by atoms with Gasteiger partial charge in [0.1, 0.15) is 18.2 Å². The number of pyridine rings is 1. The Morgan fingerprint density at radius 1 is 1.13 bits per heavy atom. The molecule has 0 bridgehead atoms. The lowest BCUT2D eigenvalue weighted by molar-refractivity contribution is 0.0548. The predicted octanol–water partition coefficient (Wildman–Crippen LogP) is 5.67. The Morgan fingerprint density at radius 3 is 2.76 bits per heavy atom. The van der Waals surface area contributed by atoms with E-state index in [0.29, 0.717) is 60.9 Å². The number of hydrogen-bond acceptors (Lipinski definition) is 11. The minimum absolute atomic E-state index is 0.110. The van der Waals surface area contributed by atoms with Gasteiger partial charge in [-0.15, -0.1) is 0 Å². The zero-order valence-electron chi connectivity index (χ0n) is 26.0. The molecule has 1 unspecified atom stereocenters. The van der Waals surface area contributed by atoms with Gasteiger partial charge in [0.2, 0.25) is 0 Å². The summed E-state index contributed by atoms with van der Waals surface area (Å²) < 4.78 is 32.6. The molecule has 4 aromatic rings. The number of imidazole rings is 1. The third kappa shape index (κ3) is 7.76. The zero-order chi connectivity index (χ0) is 31.4. The van der Waals surface area contributed by atoms with Gasteiger partial charge in [-0.2, -0.15) is 0 Å². The summed E-state index contributed by atoms with van der Waals surface area (Å²) in [6.07, 6.45) is 9.16. The van der Waals surface area contributed by atoms with Crippen molar-refractivity contribution < 1.29 is 18.3 Å². The van der Waals surface area contributed by atoms with Gasteiger partial charge in [0.25, 0.3) is 0 Å². The number of rotatable bonds is 11. The van der Waals surface area contributed by atoms with E-state index in [9.17, 15) is 4.57 Å². The van der Waals surface area contributed by atoms with Gasteiger partial charge in [-0.05, 0) is 82.7 Å². The van der Waals surface area contributed by atoms with Gasteiger partial charge in [0, 0.05) is 40.9 Å². The van der Waals surface area contributed by atoms with Gasteiger partial charge in [-0.3, -0.25) is 14.4 Å². The first kappa shape index (κ1) is 32.1. The van der Waals surface area contributed by atoms with Crippen molar-refractivity contribution in [2.45, 2.75) is 71.1 Å². The van der Waals surface area contributed by atoms with Crippen LogP contribution in [-0.4, -0.2) is 80.7 Å². The summed E-state index contributed by atoms with van der Waals surface area (Å²) in [4.78, 5) is 19.8. The molecule has 3 N–H and O–H groups in total.